The van der Waals surface area contributed by atoms with Crippen molar-refractivity contribution in [1.82, 2.24) is 25.0 Å². The minimum atomic E-state index is -0.322. The summed E-state index contributed by atoms with van der Waals surface area (Å²) in [5.41, 5.74) is 3.98. The molecule has 1 aromatic carbocycles. The predicted octanol–water partition coefficient (Wildman–Crippen LogP) is 3.00. The Morgan fingerprint density at radius 1 is 1.20 bits per heavy atom. The Labute approximate surface area is 143 Å². The lowest BCUT2D eigenvalue weighted by atomic mass is 10.1. The van der Waals surface area contributed by atoms with E-state index in [0.717, 1.165) is 16.8 Å². The molecule has 3 aromatic heterocycles. The average molecular weight is 334 g/mol. The monoisotopic (exact) mass is 334 g/mol. The molecule has 4 rings (SSSR count). The van der Waals surface area contributed by atoms with E-state index in [-0.39, 0.29) is 12.4 Å². The number of aliphatic imine (C=N–C) groups is 1. The number of pyridine rings is 2. The van der Waals surface area contributed by atoms with Crippen LogP contribution in [0, 0.1) is 5.82 Å². The fraction of sp³-hybridized carbons (Fsp3) is 0.167. The zero-order chi connectivity index (χ0) is 17.4. The van der Waals surface area contributed by atoms with Crippen molar-refractivity contribution in [2.75, 3.05) is 7.05 Å². The van der Waals surface area contributed by atoms with Crippen molar-refractivity contribution in [3.05, 3.63) is 59.7 Å². The molecule has 0 bridgehead atoms. The Bertz CT molecular complexity index is 1120. The smallest absolute Gasteiger partial charge is 0.179 e. The first-order valence-corrected chi connectivity index (χ1v) is 7.83. The van der Waals surface area contributed by atoms with Gasteiger partial charge in [-0.2, -0.15) is 0 Å². The second-order valence-corrected chi connectivity index (χ2v) is 5.74. The van der Waals surface area contributed by atoms with Gasteiger partial charge in [0.1, 0.15) is 11.3 Å². The number of aromatic nitrogens is 5. The number of hydrogen-bond acceptors (Lipinski definition) is 5. The second-order valence-electron chi connectivity index (χ2n) is 5.74. The van der Waals surface area contributed by atoms with Crippen molar-refractivity contribution in [2.24, 2.45) is 4.99 Å². The van der Waals surface area contributed by atoms with Crippen LogP contribution in [-0.4, -0.2) is 37.7 Å². The number of rotatable bonds is 3. The van der Waals surface area contributed by atoms with Gasteiger partial charge in [0.15, 0.2) is 5.65 Å². The molecule has 0 amide bonds. The maximum absolute atomic E-state index is 14.4. The van der Waals surface area contributed by atoms with Crippen molar-refractivity contribution < 1.29 is 4.39 Å². The summed E-state index contributed by atoms with van der Waals surface area (Å²) in [7, 11) is 1.72. The molecule has 0 aliphatic heterocycles. The quantitative estimate of drug-likeness (QED) is 0.540. The van der Waals surface area contributed by atoms with E-state index in [1.54, 1.807) is 24.0 Å². The highest BCUT2D eigenvalue weighted by Gasteiger charge is 2.12. The van der Waals surface area contributed by atoms with Gasteiger partial charge in [0.2, 0.25) is 0 Å². The van der Waals surface area contributed by atoms with Crippen LogP contribution in [0.5, 0.6) is 0 Å². The van der Waals surface area contributed by atoms with Crippen molar-refractivity contribution >= 4 is 27.8 Å². The highest BCUT2D eigenvalue weighted by Crippen LogP contribution is 2.19. The Morgan fingerprint density at radius 3 is 2.92 bits per heavy atom. The van der Waals surface area contributed by atoms with E-state index in [2.05, 4.69) is 25.3 Å². The lowest BCUT2D eigenvalue weighted by molar-refractivity contribution is 0.583. The van der Waals surface area contributed by atoms with Gasteiger partial charge < -0.3 is 0 Å². The number of fused-ring (bicyclic) bond motifs is 2. The van der Waals surface area contributed by atoms with Gasteiger partial charge in [-0.05, 0) is 31.2 Å². The van der Waals surface area contributed by atoms with Crippen LogP contribution in [0.15, 0.2) is 47.6 Å². The highest BCUT2D eigenvalue weighted by molar-refractivity contribution is 5.98. The Hall–Kier alpha value is -3.22. The first kappa shape index (κ1) is 15.3. The van der Waals surface area contributed by atoms with Crippen molar-refractivity contribution in [3.63, 3.8) is 0 Å². The van der Waals surface area contributed by atoms with E-state index in [4.69, 9.17) is 0 Å². The van der Waals surface area contributed by atoms with Crippen LogP contribution in [0.25, 0.3) is 22.1 Å². The Kier molecular flexibility index (Phi) is 3.68. The van der Waals surface area contributed by atoms with E-state index in [0.29, 0.717) is 22.2 Å². The summed E-state index contributed by atoms with van der Waals surface area (Å²) >= 11 is 0. The van der Waals surface area contributed by atoms with Crippen LogP contribution in [0.2, 0.25) is 0 Å². The second kappa shape index (κ2) is 6.01. The van der Waals surface area contributed by atoms with Gasteiger partial charge in [0.25, 0.3) is 0 Å². The molecule has 0 aliphatic carbocycles. The van der Waals surface area contributed by atoms with E-state index in [1.807, 2.05) is 31.2 Å². The van der Waals surface area contributed by atoms with Crippen LogP contribution in [0.1, 0.15) is 18.2 Å². The molecular weight excluding hydrogens is 319 g/mol. The highest BCUT2D eigenvalue weighted by atomic mass is 19.1. The molecule has 0 saturated carbocycles. The summed E-state index contributed by atoms with van der Waals surface area (Å²) in [6, 6.07) is 10.7. The van der Waals surface area contributed by atoms with Crippen LogP contribution >= 0.6 is 0 Å². The van der Waals surface area contributed by atoms with Gasteiger partial charge in [0.05, 0.1) is 23.5 Å². The van der Waals surface area contributed by atoms with E-state index in [9.17, 15) is 4.39 Å². The molecule has 0 fully saturated rings. The fourth-order valence-electron chi connectivity index (χ4n) is 2.70. The molecule has 0 unspecified atom stereocenters. The summed E-state index contributed by atoms with van der Waals surface area (Å²) in [5.74, 6) is -0.322. The zero-order valence-electron chi connectivity index (χ0n) is 13.8. The average Bonchev–Trinajstić information content (AvgIpc) is 3.04. The van der Waals surface area contributed by atoms with Gasteiger partial charge >= 0.3 is 0 Å². The third-order valence-corrected chi connectivity index (χ3v) is 4.16. The zero-order valence-corrected chi connectivity index (χ0v) is 13.8. The first-order valence-electron chi connectivity index (χ1n) is 7.83. The van der Waals surface area contributed by atoms with Crippen molar-refractivity contribution in [3.8, 4) is 0 Å². The molecule has 25 heavy (non-hydrogen) atoms. The van der Waals surface area contributed by atoms with Gasteiger partial charge in [-0.3, -0.25) is 9.98 Å². The Balaban J connectivity index is 1.79. The molecule has 0 aliphatic rings. The summed E-state index contributed by atoms with van der Waals surface area (Å²) in [6.45, 7) is 2.13. The standard InChI is InChI=1S/C18H15FN6/c1-11(20-2)15-5-6-16-18(22-15)25(24-23-16)10-13-8-12-4-3-7-21-17(12)9-14(13)19/h3-9H,10H2,1-2H3/b20-11-. The van der Waals surface area contributed by atoms with E-state index < -0.39 is 0 Å². The fourth-order valence-corrected chi connectivity index (χ4v) is 2.70. The number of hydrogen-bond donors (Lipinski definition) is 0. The summed E-state index contributed by atoms with van der Waals surface area (Å²) < 4.78 is 16.0. The predicted molar refractivity (Wildman–Crippen MR) is 94.3 cm³/mol. The van der Waals surface area contributed by atoms with E-state index >= 15 is 0 Å². The lowest BCUT2D eigenvalue weighted by Gasteiger charge is -2.06. The number of benzene rings is 1. The SMILES string of the molecule is C/N=C(/C)c1ccc2nnn(Cc3cc4cccnc4cc3F)c2n1. The lowest BCUT2D eigenvalue weighted by Crippen LogP contribution is -2.07. The third kappa shape index (κ3) is 2.73. The van der Waals surface area contributed by atoms with Crippen LogP contribution in [0.3, 0.4) is 0 Å². The maximum Gasteiger partial charge on any atom is 0.179 e. The molecule has 0 spiro atoms. The van der Waals surface area contributed by atoms with Crippen molar-refractivity contribution in [1.29, 1.82) is 0 Å². The molecular formula is C18H15FN6. The van der Waals surface area contributed by atoms with Crippen molar-refractivity contribution in [2.45, 2.75) is 13.5 Å². The van der Waals surface area contributed by atoms with Crippen LogP contribution in [-0.2, 0) is 6.54 Å². The molecule has 0 radical (unpaired) electrons. The van der Waals surface area contributed by atoms with Gasteiger partial charge in [-0.25, -0.2) is 14.1 Å². The van der Waals surface area contributed by atoms with Crippen LogP contribution < -0.4 is 0 Å². The first-order chi connectivity index (χ1) is 12.2. The number of halogens is 1. The van der Waals surface area contributed by atoms with Gasteiger partial charge in [-0.15, -0.1) is 5.10 Å². The number of nitrogens with zero attached hydrogens (tertiary/aromatic N) is 6. The third-order valence-electron chi connectivity index (χ3n) is 4.16. The van der Waals surface area contributed by atoms with E-state index in [1.165, 1.54) is 6.07 Å². The minimum Gasteiger partial charge on any atom is -0.291 e. The van der Waals surface area contributed by atoms with Crippen LogP contribution in [0.4, 0.5) is 4.39 Å². The molecule has 4 aromatic rings. The molecule has 0 N–H and O–H groups in total. The molecule has 3 heterocycles. The minimum absolute atomic E-state index is 0.242. The molecule has 0 atom stereocenters. The molecule has 7 heteroatoms. The van der Waals surface area contributed by atoms with Gasteiger partial charge in [-0.1, -0.05) is 11.3 Å². The summed E-state index contributed by atoms with van der Waals surface area (Å²) in [5, 5.41) is 9.11. The summed E-state index contributed by atoms with van der Waals surface area (Å²) in [6.07, 6.45) is 1.65. The summed E-state index contributed by atoms with van der Waals surface area (Å²) in [4.78, 5) is 12.9. The normalized spacial score (nSPS) is 12.2. The maximum atomic E-state index is 14.4. The Morgan fingerprint density at radius 2 is 2.08 bits per heavy atom. The molecule has 6 nitrogen and oxygen atoms in total. The topological polar surface area (TPSA) is 68.8 Å². The molecule has 0 saturated heterocycles. The molecule has 124 valence electrons. The van der Waals surface area contributed by atoms with Gasteiger partial charge in [0, 0.05) is 30.3 Å². The largest absolute Gasteiger partial charge is 0.291 e.